The molecule has 2 aromatic rings. The van der Waals surface area contributed by atoms with E-state index in [1.165, 1.54) is 0 Å². The second kappa shape index (κ2) is 4.65. The van der Waals surface area contributed by atoms with Crippen LogP contribution in [0.5, 0.6) is 0 Å². The number of hydrogen-bond donors (Lipinski definition) is 2. The molecule has 5 heteroatoms. The number of nitrogens with one attached hydrogen (secondary N) is 1. The standard InChI is InChI=1S/C13H15F3N2/c1-8(4-5-17)9-2-3-11-10(6-9)7-12(18-11)13(14,15)16/h2-3,6-8,18H,4-5,17H2,1H3. The summed E-state index contributed by atoms with van der Waals surface area (Å²) in [4.78, 5) is 2.38. The van der Waals surface area contributed by atoms with Gasteiger partial charge in [-0.3, -0.25) is 0 Å². The summed E-state index contributed by atoms with van der Waals surface area (Å²) < 4.78 is 37.7. The molecule has 1 aromatic carbocycles. The minimum absolute atomic E-state index is 0.253. The molecule has 0 aliphatic rings. The van der Waals surface area contributed by atoms with Gasteiger partial charge in [-0.05, 0) is 42.6 Å². The van der Waals surface area contributed by atoms with Crippen molar-refractivity contribution < 1.29 is 13.2 Å². The highest BCUT2D eigenvalue weighted by Crippen LogP contribution is 2.32. The summed E-state index contributed by atoms with van der Waals surface area (Å²) in [6, 6.07) is 6.47. The maximum Gasteiger partial charge on any atom is 0.431 e. The van der Waals surface area contributed by atoms with Crippen molar-refractivity contribution in [3.05, 3.63) is 35.5 Å². The van der Waals surface area contributed by atoms with Crippen LogP contribution in [0.15, 0.2) is 24.3 Å². The van der Waals surface area contributed by atoms with E-state index in [1.54, 1.807) is 12.1 Å². The van der Waals surface area contributed by atoms with Gasteiger partial charge in [0.1, 0.15) is 5.69 Å². The van der Waals surface area contributed by atoms with Crippen molar-refractivity contribution in [2.75, 3.05) is 6.54 Å². The lowest BCUT2D eigenvalue weighted by molar-refractivity contribution is -0.140. The minimum Gasteiger partial charge on any atom is -0.351 e. The second-order valence-corrected chi connectivity index (χ2v) is 4.51. The van der Waals surface area contributed by atoms with E-state index < -0.39 is 11.9 Å². The van der Waals surface area contributed by atoms with Gasteiger partial charge in [-0.25, -0.2) is 0 Å². The van der Waals surface area contributed by atoms with Crippen LogP contribution in [-0.4, -0.2) is 11.5 Å². The lowest BCUT2D eigenvalue weighted by Gasteiger charge is -2.10. The molecule has 0 amide bonds. The molecule has 1 heterocycles. The Kier molecular flexibility index (Phi) is 3.34. The third-order valence-electron chi connectivity index (χ3n) is 3.12. The summed E-state index contributed by atoms with van der Waals surface area (Å²) in [5.74, 6) is 0.253. The summed E-state index contributed by atoms with van der Waals surface area (Å²) in [6.07, 6.45) is -3.51. The number of benzene rings is 1. The van der Waals surface area contributed by atoms with Gasteiger partial charge in [0.05, 0.1) is 0 Å². The quantitative estimate of drug-likeness (QED) is 0.865. The third kappa shape index (κ3) is 2.51. The van der Waals surface area contributed by atoms with Crippen LogP contribution in [0.3, 0.4) is 0 Å². The SMILES string of the molecule is CC(CCN)c1ccc2[nH]c(C(F)(F)F)cc2c1. The number of alkyl halides is 3. The van der Waals surface area contributed by atoms with Gasteiger partial charge in [-0.1, -0.05) is 13.0 Å². The maximum atomic E-state index is 12.6. The number of H-pyrrole nitrogens is 1. The average molecular weight is 256 g/mol. The number of nitrogens with two attached hydrogens (primary N) is 1. The second-order valence-electron chi connectivity index (χ2n) is 4.51. The first-order valence-corrected chi connectivity index (χ1v) is 5.81. The fourth-order valence-electron chi connectivity index (χ4n) is 2.03. The van der Waals surface area contributed by atoms with Gasteiger partial charge in [-0.2, -0.15) is 13.2 Å². The number of aromatic amines is 1. The number of rotatable bonds is 3. The molecular weight excluding hydrogens is 241 g/mol. The molecule has 0 spiro atoms. The van der Waals surface area contributed by atoms with E-state index in [9.17, 15) is 13.2 Å². The van der Waals surface area contributed by atoms with Gasteiger partial charge in [0.25, 0.3) is 0 Å². The number of fused-ring (bicyclic) bond motifs is 1. The Morgan fingerprint density at radius 2 is 2.00 bits per heavy atom. The van der Waals surface area contributed by atoms with Crippen LogP contribution < -0.4 is 5.73 Å². The molecule has 0 bridgehead atoms. The molecule has 1 aromatic heterocycles. The summed E-state index contributed by atoms with van der Waals surface area (Å²) in [7, 11) is 0. The molecular formula is C13H15F3N2. The van der Waals surface area contributed by atoms with Crippen molar-refractivity contribution in [2.45, 2.75) is 25.4 Å². The van der Waals surface area contributed by atoms with E-state index in [0.717, 1.165) is 18.1 Å². The molecule has 0 radical (unpaired) electrons. The summed E-state index contributed by atoms with van der Waals surface area (Å²) >= 11 is 0. The highest BCUT2D eigenvalue weighted by molar-refractivity contribution is 5.81. The van der Waals surface area contributed by atoms with Crippen molar-refractivity contribution in [3.8, 4) is 0 Å². The van der Waals surface area contributed by atoms with E-state index in [0.29, 0.717) is 17.4 Å². The largest absolute Gasteiger partial charge is 0.431 e. The monoisotopic (exact) mass is 256 g/mol. The number of aromatic nitrogens is 1. The Balaban J connectivity index is 2.40. The molecule has 2 nitrogen and oxygen atoms in total. The zero-order valence-corrected chi connectivity index (χ0v) is 10.0. The molecule has 1 unspecified atom stereocenters. The molecule has 0 aliphatic heterocycles. The van der Waals surface area contributed by atoms with Crippen LogP contribution in [0.2, 0.25) is 0 Å². The van der Waals surface area contributed by atoms with Crippen molar-refractivity contribution >= 4 is 10.9 Å². The van der Waals surface area contributed by atoms with Gasteiger partial charge < -0.3 is 10.7 Å². The molecule has 1 atom stereocenters. The van der Waals surface area contributed by atoms with Crippen LogP contribution >= 0.6 is 0 Å². The zero-order valence-electron chi connectivity index (χ0n) is 10.0. The Labute approximate surface area is 103 Å². The maximum absolute atomic E-state index is 12.6. The van der Waals surface area contributed by atoms with Crippen molar-refractivity contribution in [1.29, 1.82) is 0 Å². The summed E-state index contributed by atoms with van der Waals surface area (Å²) in [5.41, 5.74) is 6.30. The van der Waals surface area contributed by atoms with Crippen LogP contribution in [0, 0.1) is 0 Å². The smallest absolute Gasteiger partial charge is 0.351 e. The Bertz CT molecular complexity index is 543. The van der Waals surface area contributed by atoms with E-state index >= 15 is 0 Å². The fraction of sp³-hybridized carbons (Fsp3) is 0.385. The van der Waals surface area contributed by atoms with Gasteiger partial charge in [0.15, 0.2) is 0 Å². The normalized spacial score (nSPS) is 14.1. The summed E-state index contributed by atoms with van der Waals surface area (Å²) in [5, 5.41) is 0.587. The molecule has 3 N–H and O–H groups in total. The highest BCUT2D eigenvalue weighted by atomic mass is 19.4. The number of halogens is 3. The summed E-state index contributed by atoms with van der Waals surface area (Å²) in [6.45, 7) is 2.59. The highest BCUT2D eigenvalue weighted by Gasteiger charge is 2.32. The molecule has 2 rings (SSSR count). The lowest BCUT2D eigenvalue weighted by atomic mass is 9.97. The van der Waals surface area contributed by atoms with Gasteiger partial charge in [0, 0.05) is 10.9 Å². The number of hydrogen-bond acceptors (Lipinski definition) is 1. The van der Waals surface area contributed by atoms with Crippen LogP contribution in [0.4, 0.5) is 13.2 Å². The minimum atomic E-state index is -4.33. The van der Waals surface area contributed by atoms with Gasteiger partial charge >= 0.3 is 6.18 Å². The van der Waals surface area contributed by atoms with Crippen LogP contribution in [0.25, 0.3) is 10.9 Å². The van der Waals surface area contributed by atoms with Crippen molar-refractivity contribution in [2.24, 2.45) is 5.73 Å². The van der Waals surface area contributed by atoms with Gasteiger partial charge in [-0.15, -0.1) is 0 Å². The predicted octanol–water partition coefficient (Wildman–Crippen LogP) is 3.64. The fourth-order valence-corrected chi connectivity index (χ4v) is 2.03. The topological polar surface area (TPSA) is 41.8 Å². The molecule has 0 aliphatic carbocycles. The first-order chi connectivity index (χ1) is 8.41. The van der Waals surface area contributed by atoms with E-state index in [1.807, 2.05) is 13.0 Å². The first kappa shape index (κ1) is 13.0. The zero-order chi connectivity index (χ0) is 13.3. The van der Waals surface area contributed by atoms with Gasteiger partial charge in [0.2, 0.25) is 0 Å². The van der Waals surface area contributed by atoms with Crippen LogP contribution in [0.1, 0.15) is 30.5 Å². The Morgan fingerprint density at radius 1 is 1.28 bits per heavy atom. The Hall–Kier alpha value is -1.49. The lowest BCUT2D eigenvalue weighted by Crippen LogP contribution is -2.04. The van der Waals surface area contributed by atoms with E-state index in [4.69, 9.17) is 5.73 Å². The first-order valence-electron chi connectivity index (χ1n) is 5.81. The molecule has 98 valence electrons. The molecule has 18 heavy (non-hydrogen) atoms. The van der Waals surface area contributed by atoms with Crippen molar-refractivity contribution in [1.82, 2.24) is 4.98 Å². The van der Waals surface area contributed by atoms with E-state index in [-0.39, 0.29) is 5.92 Å². The van der Waals surface area contributed by atoms with Crippen LogP contribution in [-0.2, 0) is 6.18 Å². The third-order valence-corrected chi connectivity index (χ3v) is 3.12. The van der Waals surface area contributed by atoms with E-state index in [2.05, 4.69) is 4.98 Å². The Morgan fingerprint density at radius 3 is 2.61 bits per heavy atom. The molecule has 0 saturated carbocycles. The average Bonchev–Trinajstić information content (AvgIpc) is 2.71. The van der Waals surface area contributed by atoms with Crippen molar-refractivity contribution in [3.63, 3.8) is 0 Å². The molecule has 0 fully saturated rings. The molecule has 0 saturated heterocycles. The predicted molar refractivity (Wildman–Crippen MR) is 65.4 cm³/mol.